The summed E-state index contributed by atoms with van der Waals surface area (Å²) >= 11 is 0. The minimum absolute atomic E-state index is 0. The van der Waals surface area contributed by atoms with E-state index in [0.717, 1.165) is 18.9 Å². The van der Waals surface area contributed by atoms with E-state index < -0.39 is 0 Å². The van der Waals surface area contributed by atoms with Crippen LogP contribution in [0.4, 0.5) is 5.69 Å². The molecule has 4 heteroatoms. The maximum Gasteiger partial charge on any atom is 0.0656 e. The molecule has 1 aliphatic heterocycles. The summed E-state index contributed by atoms with van der Waals surface area (Å²) in [5, 5.41) is 6.39. The van der Waals surface area contributed by atoms with Crippen molar-refractivity contribution in [3.05, 3.63) is 24.0 Å². The average Bonchev–Trinajstić information content (AvgIpc) is 2.05. The highest BCUT2D eigenvalue weighted by atomic mass is 35.5. The molecule has 0 fully saturated rings. The molecule has 0 unspecified atom stereocenters. The summed E-state index contributed by atoms with van der Waals surface area (Å²) in [6.45, 7) is 1.80. The first-order chi connectivity index (χ1) is 4.97. The number of hydrogen-bond donors (Lipinski definition) is 2. The van der Waals surface area contributed by atoms with Crippen molar-refractivity contribution < 1.29 is 0 Å². The molecule has 2 rings (SSSR count). The van der Waals surface area contributed by atoms with Gasteiger partial charge in [0.2, 0.25) is 0 Å². The summed E-state index contributed by atoms with van der Waals surface area (Å²) in [4.78, 5) is 4.01. The van der Waals surface area contributed by atoms with E-state index in [0.29, 0.717) is 0 Å². The lowest BCUT2D eigenvalue weighted by Gasteiger charge is -2.17. The molecule has 0 aliphatic carbocycles. The fraction of sp³-hybridized carbons (Fsp3) is 0.286. The summed E-state index contributed by atoms with van der Waals surface area (Å²) < 4.78 is 0. The lowest BCUT2D eigenvalue weighted by Crippen LogP contribution is -2.27. The standard InChI is InChI=1S/C7H9N3.ClH/c1-2-8-4-7-6(1)3-9-5-10-7;/h1-2,4,9-10H,3,5H2;1H. The van der Waals surface area contributed by atoms with E-state index >= 15 is 0 Å². The number of rotatable bonds is 0. The zero-order chi connectivity index (χ0) is 6.81. The molecule has 60 valence electrons. The molecule has 0 atom stereocenters. The van der Waals surface area contributed by atoms with Crippen molar-refractivity contribution in [1.29, 1.82) is 0 Å². The van der Waals surface area contributed by atoms with Gasteiger partial charge in [0.15, 0.2) is 0 Å². The third kappa shape index (κ3) is 1.61. The van der Waals surface area contributed by atoms with Gasteiger partial charge in [0.05, 0.1) is 18.6 Å². The van der Waals surface area contributed by atoms with Crippen LogP contribution in [-0.2, 0) is 6.54 Å². The molecule has 1 aromatic rings. The Bertz CT molecular complexity index is 214. The Morgan fingerprint density at radius 1 is 1.45 bits per heavy atom. The number of anilines is 1. The van der Waals surface area contributed by atoms with E-state index in [1.54, 1.807) is 0 Å². The molecule has 0 bridgehead atoms. The predicted octanol–water partition coefficient (Wildman–Crippen LogP) is 0.976. The van der Waals surface area contributed by atoms with Crippen LogP contribution in [-0.4, -0.2) is 11.7 Å². The molecule has 0 radical (unpaired) electrons. The van der Waals surface area contributed by atoms with Gasteiger partial charge in [-0.1, -0.05) is 0 Å². The zero-order valence-electron chi connectivity index (χ0n) is 6.00. The van der Waals surface area contributed by atoms with E-state index in [1.807, 2.05) is 18.5 Å². The van der Waals surface area contributed by atoms with Gasteiger partial charge in [0, 0.05) is 12.7 Å². The fourth-order valence-corrected chi connectivity index (χ4v) is 1.09. The van der Waals surface area contributed by atoms with Crippen molar-refractivity contribution >= 4 is 18.1 Å². The molecule has 1 aliphatic rings. The van der Waals surface area contributed by atoms with Crippen molar-refractivity contribution in [3.8, 4) is 0 Å². The van der Waals surface area contributed by atoms with Crippen molar-refractivity contribution in [3.63, 3.8) is 0 Å². The quantitative estimate of drug-likeness (QED) is 0.611. The summed E-state index contributed by atoms with van der Waals surface area (Å²) in [6, 6.07) is 2.02. The highest BCUT2D eigenvalue weighted by Gasteiger charge is 2.04. The highest BCUT2D eigenvalue weighted by molar-refractivity contribution is 5.85. The summed E-state index contributed by atoms with van der Waals surface area (Å²) in [7, 11) is 0. The van der Waals surface area contributed by atoms with E-state index in [-0.39, 0.29) is 12.4 Å². The van der Waals surface area contributed by atoms with Crippen molar-refractivity contribution in [1.82, 2.24) is 10.3 Å². The first-order valence-electron chi connectivity index (χ1n) is 3.34. The van der Waals surface area contributed by atoms with Gasteiger partial charge in [-0.2, -0.15) is 0 Å². The van der Waals surface area contributed by atoms with Crippen LogP contribution in [0.2, 0.25) is 0 Å². The van der Waals surface area contributed by atoms with E-state index in [9.17, 15) is 0 Å². The molecule has 0 spiro atoms. The largest absolute Gasteiger partial charge is 0.371 e. The van der Waals surface area contributed by atoms with Gasteiger partial charge in [0.1, 0.15) is 0 Å². The first kappa shape index (κ1) is 8.30. The lowest BCUT2D eigenvalue weighted by molar-refractivity contribution is 0.707. The number of halogens is 1. The summed E-state index contributed by atoms with van der Waals surface area (Å²) in [6.07, 6.45) is 3.67. The van der Waals surface area contributed by atoms with Crippen LogP contribution in [0, 0.1) is 0 Å². The first-order valence-corrected chi connectivity index (χ1v) is 3.34. The van der Waals surface area contributed by atoms with Crippen LogP contribution < -0.4 is 10.6 Å². The minimum atomic E-state index is 0. The van der Waals surface area contributed by atoms with Gasteiger partial charge >= 0.3 is 0 Å². The van der Waals surface area contributed by atoms with Gasteiger partial charge in [-0.05, 0) is 11.6 Å². The molecular weight excluding hydrogens is 162 g/mol. The second-order valence-electron chi connectivity index (χ2n) is 2.31. The highest BCUT2D eigenvalue weighted by Crippen LogP contribution is 2.14. The third-order valence-electron chi connectivity index (χ3n) is 1.63. The summed E-state index contributed by atoms with van der Waals surface area (Å²) in [5.41, 5.74) is 2.45. The molecule has 0 saturated heterocycles. The van der Waals surface area contributed by atoms with Crippen LogP contribution in [0.3, 0.4) is 0 Å². The molecule has 1 aromatic heterocycles. The Balaban J connectivity index is 0.000000605. The average molecular weight is 172 g/mol. The second kappa shape index (κ2) is 3.55. The number of nitrogens with zero attached hydrogens (tertiary/aromatic N) is 1. The smallest absolute Gasteiger partial charge is 0.0656 e. The number of hydrogen-bond acceptors (Lipinski definition) is 3. The van der Waals surface area contributed by atoms with Crippen LogP contribution in [0.25, 0.3) is 0 Å². The van der Waals surface area contributed by atoms with Crippen LogP contribution in [0.15, 0.2) is 18.5 Å². The monoisotopic (exact) mass is 171 g/mol. The lowest BCUT2D eigenvalue weighted by atomic mass is 10.2. The molecule has 0 saturated carbocycles. The molecule has 2 heterocycles. The SMILES string of the molecule is Cl.c1cc2c(cn1)NCNC2. The number of nitrogens with one attached hydrogen (secondary N) is 2. The van der Waals surface area contributed by atoms with Crippen molar-refractivity contribution in [2.24, 2.45) is 0 Å². The van der Waals surface area contributed by atoms with Crippen LogP contribution in [0.5, 0.6) is 0 Å². The zero-order valence-corrected chi connectivity index (χ0v) is 6.82. The molecule has 0 amide bonds. The fourth-order valence-electron chi connectivity index (χ4n) is 1.09. The van der Waals surface area contributed by atoms with Gasteiger partial charge in [-0.15, -0.1) is 12.4 Å². The molecule has 3 nitrogen and oxygen atoms in total. The molecular formula is C7H10ClN3. The van der Waals surface area contributed by atoms with E-state index in [4.69, 9.17) is 0 Å². The minimum Gasteiger partial charge on any atom is -0.371 e. The van der Waals surface area contributed by atoms with Crippen LogP contribution >= 0.6 is 12.4 Å². The Labute approximate surface area is 71.6 Å². The van der Waals surface area contributed by atoms with Crippen molar-refractivity contribution in [2.45, 2.75) is 6.54 Å². The Hall–Kier alpha value is -0.800. The van der Waals surface area contributed by atoms with Gasteiger partial charge in [0.25, 0.3) is 0 Å². The van der Waals surface area contributed by atoms with E-state index in [2.05, 4.69) is 15.6 Å². The molecule has 11 heavy (non-hydrogen) atoms. The van der Waals surface area contributed by atoms with E-state index in [1.165, 1.54) is 5.56 Å². The third-order valence-corrected chi connectivity index (χ3v) is 1.63. The maximum absolute atomic E-state index is 4.01. The predicted molar refractivity (Wildman–Crippen MR) is 46.8 cm³/mol. The Morgan fingerprint density at radius 2 is 2.36 bits per heavy atom. The van der Waals surface area contributed by atoms with Crippen LogP contribution in [0.1, 0.15) is 5.56 Å². The molecule has 2 N–H and O–H groups in total. The normalized spacial score (nSPS) is 14.2. The van der Waals surface area contributed by atoms with Crippen molar-refractivity contribution in [2.75, 3.05) is 12.0 Å². The second-order valence-corrected chi connectivity index (χ2v) is 2.31. The summed E-state index contributed by atoms with van der Waals surface area (Å²) in [5.74, 6) is 0. The van der Waals surface area contributed by atoms with Gasteiger partial charge < -0.3 is 5.32 Å². The van der Waals surface area contributed by atoms with Gasteiger partial charge in [-0.3, -0.25) is 10.3 Å². The topological polar surface area (TPSA) is 37.0 Å². The number of fused-ring (bicyclic) bond motifs is 1. The maximum atomic E-state index is 4.01. The van der Waals surface area contributed by atoms with Gasteiger partial charge in [-0.25, -0.2) is 0 Å². The Kier molecular flexibility index (Phi) is 2.68. The molecule has 0 aromatic carbocycles. The number of pyridine rings is 1. The number of aromatic nitrogens is 1. The Morgan fingerprint density at radius 3 is 3.18 bits per heavy atom.